The maximum atomic E-state index is 14.5. The second-order valence-electron chi connectivity index (χ2n) is 5.73. The van der Waals surface area contributed by atoms with Crippen LogP contribution in [0.15, 0.2) is 60.7 Å². The van der Waals surface area contributed by atoms with Crippen LogP contribution in [-0.2, 0) is 6.42 Å². The molecule has 3 aromatic rings. The van der Waals surface area contributed by atoms with E-state index in [-0.39, 0.29) is 5.82 Å². The highest BCUT2D eigenvalue weighted by Crippen LogP contribution is 2.30. The van der Waals surface area contributed by atoms with E-state index in [2.05, 4.69) is 0 Å². The number of halogens is 2. The number of hydrogen-bond acceptors (Lipinski definition) is 0. The van der Waals surface area contributed by atoms with Gasteiger partial charge in [-0.2, -0.15) is 0 Å². The molecule has 0 radical (unpaired) electrons. The lowest BCUT2D eigenvalue weighted by atomic mass is 9.98. The van der Waals surface area contributed by atoms with Crippen LogP contribution in [0.5, 0.6) is 0 Å². The lowest BCUT2D eigenvalue weighted by molar-refractivity contribution is 0.615. The van der Waals surface area contributed by atoms with E-state index in [9.17, 15) is 8.78 Å². The predicted octanol–water partition coefficient (Wildman–Crippen LogP) is 6.17. The number of benzene rings is 3. The molecule has 0 aliphatic rings. The summed E-state index contributed by atoms with van der Waals surface area (Å²) >= 11 is 0. The van der Waals surface area contributed by atoms with E-state index >= 15 is 0 Å². The highest BCUT2D eigenvalue weighted by Gasteiger charge is 2.12. The average Bonchev–Trinajstić information content (AvgIpc) is 2.56. The molecule has 0 saturated carbocycles. The van der Waals surface area contributed by atoms with Crippen molar-refractivity contribution in [1.82, 2.24) is 0 Å². The van der Waals surface area contributed by atoms with Gasteiger partial charge in [0.25, 0.3) is 0 Å². The quantitative estimate of drug-likeness (QED) is 0.543. The summed E-state index contributed by atoms with van der Waals surface area (Å²) in [5.41, 5.74) is 4.39. The molecule has 0 aliphatic carbocycles. The van der Waals surface area contributed by atoms with Crippen LogP contribution in [0.1, 0.15) is 18.1 Å². The molecular weight excluding hydrogens is 290 g/mol. The average molecular weight is 308 g/mol. The minimum absolute atomic E-state index is 0.293. The van der Waals surface area contributed by atoms with Gasteiger partial charge in [0, 0.05) is 11.1 Å². The molecule has 3 aromatic carbocycles. The minimum Gasteiger partial charge on any atom is -0.206 e. The van der Waals surface area contributed by atoms with E-state index in [0.717, 1.165) is 28.7 Å². The Morgan fingerprint density at radius 2 is 1.26 bits per heavy atom. The van der Waals surface area contributed by atoms with Crippen LogP contribution in [-0.4, -0.2) is 0 Å². The second kappa shape index (κ2) is 6.33. The first-order valence-electron chi connectivity index (χ1n) is 7.74. The lowest BCUT2D eigenvalue weighted by Gasteiger charge is -2.09. The highest BCUT2D eigenvalue weighted by molar-refractivity contribution is 5.71. The SMILES string of the molecule is CCc1ccc(-c2ccc(-c3ccc(C)cc3)cc2F)c(F)c1. The molecule has 0 atom stereocenters. The van der Waals surface area contributed by atoms with Gasteiger partial charge in [0.2, 0.25) is 0 Å². The molecule has 116 valence electrons. The van der Waals surface area contributed by atoms with Crippen molar-refractivity contribution in [3.63, 3.8) is 0 Å². The van der Waals surface area contributed by atoms with Gasteiger partial charge >= 0.3 is 0 Å². The molecule has 0 bridgehead atoms. The molecule has 0 unspecified atom stereocenters. The molecule has 2 heteroatoms. The van der Waals surface area contributed by atoms with Crippen molar-refractivity contribution in [2.75, 3.05) is 0 Å². The fourth-order valence-electron chi connectivity index (χ4n) is 2.66. The zero-order chi connectivity index (χ0) is 16.4. The van der Waals surface area contributed by atoms with Gasteiger partial charge in [-0.25, -0.2) is 8.78 Å². The van der Waals surface area contributed by atoms with Crippen LogP contribution in [0.3, 0.4) is 0 Å². The Balaban J connectivity index is 2.01. The summed E-state index contributed by atoms with van der Waals surface area (Å²) in [6.45, 7) is 3.97. The third-order valence-corrected chi connectivity index (χ3v) is 4.09. The fraction of sp³-hybridized carbons (Fsp3) is 0.143. The zero-order valence-corrected chi connectivity index (χ0v) is 13.2. The van der Waals surface area contributed by atoms with E-state index in [0.29, 0.717) is 11.1 Å². The normalized spacial score (nSPS) is 10.8. The summed E-state index contributed by atoms with van der Waals surface area (Å²) in [6, 6.07) is 17.8. The van der Waals surface area contributed by atoms with Crippen molar-refractivity contribution in [3.05, 3.63) is 83.4 Å². The van der Waals surface area contributed by atoms with Crippen molar-refractivity contribution in [1.29, 1.82) is 0 Å². The van der Waals surface area contributed by atoms with Crippen molar-refractivity contribution in [2.45, 2.75) is 20.3 Å². The van der Waals surface area contributed by atoms with Gasteiger partial charge in [-0.05, 0) is 42.2 Å². The van der Waals surface area contributed by atoms with E-state index in [1.54, 1.807) is 12.1 Å². The Morgan fingerprint density at radius 1 is 0.696 bits per heavy atom. The van der Waals surface area contributed by atoms with Crippen molar-refractivity contribution < 1.29 is 8.78 Å². The smallest absolute Gasteiger partial charge is 0.131 e. The van der Waals surface area contributed by atoms with Gasteiger partial charge < -0.3 is 0 Å². The molecule has 0 nitrogen and oxygen atoms in total. The van der Waals surface area contributed by atoms with E-state index in [4.69, 9.17) is 0 Å². The van der Waals surface area contributed by atoms with E-state index < -0.39 is 5.82 Å². The van der Waals surface area contributed by atoms with Gasteiger partial charge in [0.1, 0.15) is 11.6 Å². The van der Waals surface area contributed by atoms with Crippen LogP contribution < -0.4 is 0 Å². The first-order chi connectivity index (χ1) is 11.1. The van der Waals surface area contributed by atoms with Crippen LogP contribution in [0.2, 0.25) is 0 Å². The first kappa shape index (κ1) is 15.4. The molecule has 23 heavy (non-hydrogen) atoms. The summed E-state index contributed by atoms with van der Waals surface area (Å²) in [4.78, 5) is 0. The van der Waals surface area contributed by atoms with Crippen LogP contribution in [0.4, 0.5) is 8.78 Å². The van der Waals surface area contributed by atoms with Crippen molar-refractivity contribution in [3.8, 4) is 22.3 Å². The predicted molar refractivity (Wildman–Crippen MR) is 91.3 cm³/mol. The standard InChI is InChI=1S/C21H18F2/c1-3-15-6-10-18(20(22)12-15)19-11-9-17(13-21(19)23)16-7-4-14(2)5-8-16/h4-13H,3H2,1-2H3. The summed E-state index contributed by atoms with van der Waals surface area (Å²) in [6.07, 6.45) is 0.756. The third kappa shape index (κ3) is 3.16. The summed E-state index contributed by atoms with van der Waals surface area (Å²) in [7, 11) is 0. The summed E-state index contributed by atoms with van der Waals surface area (Å²) in [5.74, 6) is -0.794. The van der Waals surface area contributed by atoms with Gasteiger partial charge in [0.15, 0.2) is 0 Å². The van der Waals surface area contributed by atoms with Crippen LogP contribution in [0, 0.1) is 18.6 Å². The Morgan fingerprint density at radius 3 is 1.83 bits per heavy atom. The topological polar surface area (TPSA) is 0 Å². The molecule has 3 rings (SSSR count). The van der Waals surface area contributed by atoms with Gasteiger partial charge in [-0.15, -0.1) is 0 Å². The molecule has 0 N–H and O–H groups in total. The largest absolute Gasteiger partial charge is 0.206 e. The Kier molecular flexibility index (Phi) is 4.24. The van der Waals surface area contributed by atoms with Gasteiger partial charge in [-0.3, -0.25) is 0 Å². The number of hydrogen-bond donors (Lipinski definition) is 0. The third-order valence-electron chi connectivity index (χ3n) is 4.09. The molecule has 0 saturated heterocycles. The van der Waals surface area contributed by atoms with Gasteiger partial charge in [-0.1, -0.05) is 61.0 Å². The zero-order valence-electron chi connectivity index (χ0n) is 13.2. The van der Waals surface area contributed by atoms with Crippen LogP contribution in [0.25, 0.3) is 22.3 Å². The molecule has 0 amide bonds. The number of rotatable bonds is 3. The van der Waals surface area contributed by atoms with Crippen molar-refractivity contribution >= 4 is 0 Å². The first-order valence-corrected chi connectivity index (χ1v) is 7.74. The Hall–Kier alpha value is -2.48. The van der Waals surface area contributed by atoms with Crippen LogP contribution >= 0.6 is 0 Å². The maximum Gasteiger partial charge on any atom is 0.131 e. The lowest BCUT2D eigenvalue weighted by Crippen LogP contribution is -1.92. The number of aryl methyl sites for hydroxylation is 2. The maximum absolute atomic E-state index is 14.5. The van der Waals surface area contributed by atoms with E-state index in [1.807, 2.05) is 50.2 Å². The second-order valence-corrected chi connectivity index (χ2v) is 5.73. The monoisotopic (exact) mass is 308 g/mol. The van der Waals surface area contributed by atoms with Gasteiger partial charge in [0.05, 0.1) is 0 Å². The summed E-state index contributed by atoms with van der Waals surface area (Å²) in [5, 5.41) is 0. The highest BCUT2D eigenvalue weighted by atomic mass is 19.1. The fourth-order valence-corrected chi connectivity index (χ4v) is 2.66. The Bertz CT molecular complexity index is 833. The molecular formula is C21H18F2. The Labute approximate surface area is 135 Å². The molecule has 0 aliphatic heterocycles. The summed E-state index contributed by atoms with van der Waals surface area (Å²) < 4.78 is 28.7. The van der Waals surface area contributed by atoms with E-state index in [1.165, 1.54) is 12.1 Å². The molecule has 0 fully saturated rings. The molecule has 0 aromatic heterocycles. The molecule has 0 heterocycles. The minimum atomic E-state index is -0.411. The molecule has 0 spiro atoms. The van der Waals surface area contributed by atoms with Crippen molar-refractivity contribution in [2.24, 2.45) is 0 Å².